The van der Waals surface area contributed by atoms with Crippen LogP contribution in [-0.2, 0) is 21.2 Å². The zero-order valence-corrected chi connectivity index (χ0v) is 15.3. The van der Waals surface area contributed by atoms with Crippen LogP contribution in [0.25, 0.3) is 0 Å². The van der Waals surface area contributed by atoms with Gasteiger partial charge in [0.25, 0.3) is 0 Å². The minimum Gasteiger partial charge on any atom is -0.396 e. The van der Waals surface area contributed by atoms with Crippen molar-refractivity contribution in [1.29, 1.82) is 0 Å². The molecule has 0 saturated carbocycles. The summed E-state index contributed by atoms with van der Waals surface area (Å²) in [6.45, 7) is 1.10. The van der Waals surface area contributed by atoms with Gasteiger partial charge in [0.2, 0.25) is 10.0 Å². The van der Waals surface area contributed by atoms with Gasteiger partial charge in [-0.2, -0.15) is 4.31 Å². The van der Waals surface area contributed by atoms with Gasteiger partial charge in [0.05, 0.1) is 11.9 Å². The Bertz CT molecular complexity index is 701. The maximum atomic E-state index is 13.3. The van der Waals surface area contributed by atoms with E-state index >= 15 is 0 Å². The molecule has 3 aliphatic heterocycles. The predicted octanol–water partition coefficient (Wildman–Crippen LogP) is 1.95. The third kappa shape index (κ3) is 2.93. The number of sulfonamides is 1. The highest BCUT2D eigenvalue weighted by molar-refractivity contribution is 7.89. The van der Waals surface area contributed by atoms with E-state index in [2.05, 4.69) is 12.1 Å². The minimum atomic E-state index is -3.33. The number of rotatable bonds is 5. The normalized spacial score (nSPS) is 33.8. The lowest BCUT2D eigenvalue weighted by atomic mass is 9.70. The highest BCUT2D eigenvalue weighted by Crippen LogP contribution is 2.53. The molecule has 0 spiro atoms. The first kappa shape index (κ1) is 17.5. The second kappa shape index (κ2) is 6.65. The number of hydrogen-bond donors (Lipinski definition) is 1. The zero-order chi connectivity index (χ0) is 17.5. The van der Waals surface area contributed by atoms with Crippen LogP contribution >= 0.6 is 0 Å². The fraction of sp³-hybridized carbons (Fsp3) is 0.684. The first-order chi connectivity index (χ1) is 12.1. The van der Waals surface area contributed by atoms with Crippen molar-refractivity contribution in [2.75, 3.05) is 19.8 Å². The van der Waals surface area contributed by atoms with Crippen LogP contribution in [0.3, 0.4) is 0 Å². The van der Waals surface area contributed by atoms with E-state index in [-0.39, 0.29) is 29.4 Å². The number of aliphatic hydroxyl groups is 1. The second-order valence-electron chi connectivity index (χ2n) is 7.82. The number of ether oxygens (including phenoxy) is 1. The van der Waals surface area contributed by atoms with Gasteiger partial charge in [-0.05, 0) is 44.1 Å². The summed E-state index contributed by atoms with van der Waals surface area (Å²) in [7, 11) is -3.33. The van der Waals surface area contributed by atoms with Gasteiger partial charge in [-0.1, -0.05) is 30.3 Å². The molecule has 5 nitrogen and oxygen atoms in total. The molecule has 6 heteroatoms. The Hall–Kier alpha value is -0.950. The summed E-state index contributed by atoms with van der Waals surface area (Å²) in [6.07, 6.45) is 4.47. The Morgan fingerprint density at radius 1 is 1.12 bits per heavy atom. The molecule has 0 unspecified atom stereocenters. The van der Waals surface area contributed by atoms with E-state index in [4.69, 9.17) is 4.74 Å². The lowest BCUT2D eigenvalue weighted by molar-refractivity contribution is 0.0862. The van der Waals surface area contributed by atoms with Gasteiger partial charge in [-0.3, -0.25) is 0 Å². The molecule has 4 rings (SSSR count). The molecule has 138 valence electrons. The molecular weight excluding hydrogens is 338 g/mol. The van der Waals surface area contributed by atoms with Gasteiger partial charge in [0.15, 0.2) is 0 Å². The monoisotopic (exact) mass is 365 g/mol. The maximum absolute atomic E-state index is 13.3. The zero-order valence-electron chi connectivity index (χ0n) is 14.5. The lowest BCUT2D eigenvalue weighted by Crippen LogP contribution is -2.47. The van der Waals surface area contributed by atoms with Crippen molar-refractivity contribution in [2.45, 2.75) is 55.9 Å². The van der Waals surface area contributed by atoms with Crippen LogP contribution in [0.5, 0.6) is 0 Å². The molecule has 25 heavy (non-hydrogen) atoms. The predicted molar refractivity (Wildman–Crippen MR) is 95.7 cm³/mol. The Labute approximate surface area is 150 Å². The molecule has 3 saturated heterocycles. The van der Waals surface area contributed by atoms with E-state index in [1.54, 1.807) is 4.31 Å². The molecular formula is C19H27NO4S. The molecule has 0 aromatic heterocycles. The quantitative estimate of drug-likeness (QED) is 0.866. The van der Waals surface area contributed by atoms with Gasteiger partial charge >= 0.3 is 0 Å². The van der Waals surface area contributed by atoms with Crippen molar-refractivity contribution in [3.8, 4) is 0 Å². The van der Waals surface area contributed by atoms with Crippen molar-refractivity contribution in [3.05, 3.63) is 35.9 Å². The Balaban J connectivity index is 1.61. The molecule has 3 heterocycles. The average molecular weight is 365 g/mol. The number of benzene rings is 1. The van der Waals surface area contributed by atoms with Gasteiger partial charge in [0, 0.05) is 30.7 Å². The topological polar surface area (TPSA) is 66.8 Å². The number of fused-ring (bicyclic) bond motifs is 2. The summed E-state index contributed by atoms with van der Waals surface area (Å²) in [5.41, 5.74) is 0.829. The maximum Gasteiger partial charge on any atom is 0.217 e. The van der Waals surface area contributed by atoms with Crippen molar-refractivity contribution >= 4 is 10.0 Å². The molecule has 3 aliphatic rings. The molecule has 3 fully saturated rings. The molecule has 0 radical (unpaired) electrons. The van der Waals surface area contributed by atoms with Crippen LogP contribution in [0, 0.1) is 5.41 Å². The largest absolute Gasteiger partial charge is 0.396 e. The molecule has 3 atom stereocenters. The Morgan fingerprint density at radius 3 is 2.52 bits per heavy atom. The third-order valence-electron chi connectivity index (χ3n) is 6.39. The van der Waals surface area contributed by atoms with Crippen LogP contribution in [0.2, 0.25) is 0 Å². The van der Waals surface area contributed by atoms with Gasteiger partial charge in [-0.15, -0.1) is 0 Å². The van der Waals surface area contributed by atoms with Crippen LogP contribution in [-0.4, -0.2) is 55.0 Å². The fourth-order valence-corrected chi connectivity index (χ4v) is 7.59. The average Bonchev–Trinajstić information content (AvgIpc) is 3.20. The molecule has 2 bridgehead atoms. The Kier molecular flexibility index (Phi) is 4.65. The van der Waals surface area contributed by atoms with Crippen LogP contribution in [0.15, 0.2) is 30.3 Å². The highest BCUT2D eigenvalue weighted by Gasteiger charge is 2.60. The molecule has 0 amide bonds. The lowest BCUT2D eigenvalue weighted by Gasteiger charge is -2.37. The first-order valence-electron chi connectivity index (χ1n) is 9.32. The van der Waals surface area contributed by atoms with E-state index < -0.39 is 10.0 Å². The summed E-state index contributed by atoms with van der Waals surface area (Å²) in [4.78, 5) is 0. The second-order valence-corrected chi connectivity index (χ2v) is 9.94. The number of aliphatic hydroxyl groups excluding tert-OH is 1. The Morgan fingerprint density at radius 2 is 1.84 bits per heavy atom. The van der Waals surface area contributed by atoms with Crippen LogP contribution in [0.1, 0.15) is 37.7 Å². The minimum absolute atomic E-state index is 0.0445. The van der Waals surface area contributed by atoms with Gasteiger partial charge in [0.1, 0.15) is 0 Å². The summed E-state index contributed by atoms with van der Waals surface area (Å²) in [5.74, 6) is 0. The summed E-state index contributed by atoms with van der Waals surface area (Å²) in [5, 5.41) is 9.93. The standard InChI is InChI=1S/C19H27NO4S/c21-14-19(12-15-4-2-1-3-5-15)13-16-6-7-18(19)20(16)25(22,23)17-8-10-24-11-9-17/h1-5,16-18,21H,6-14H2/t16-,18+,19-/m0/s1. The molecule has 0 aliphatic carbocycles. The molecule has 1 aromatic carbocycles. The summed E-state index contributed by atoms with van der Waals surface area (Å²) in [6, 6.07) is 10.1. The smallest absolute Gasteiger partial charge is 0.217 e. The van der Waals surface area contributed by atoms with Gasteiger partial charge < -0.3 is 9.84 Å². The van der Waals surface area contributed by atoms with E-state index in [1.807, 2.05) is 18.2 Å². The van der Waals surface area contributed by atoms with Crippen LogP contribution < -0.4 is 0 Å². The SMILES string of the molecule is O=S(=O)(C1CCOCC1)N1[C@H]2CC[C@@H]1[C@@](CO)(Cc1ccccc1)C2. The van der Waals surface area contributed by atoms with E-state index in [1.165, 1.54) is 5.56 Å². The first-order valence-corrected chi connectivity index (χ1v) is 10.8. The van der Waals surface area contributed by atoms with Crippen molar-refractivity contribution in [1.82, 2.24) is 4.31 Å². The van der Waals surface area contributed by atoms with Gasteiger partial charge in [-0.25, -0.2) is 8.42 Å². The summed E-state index contributed by atoms with van der Waals surface area (Å²) >= 11 is 0. The van der Waals surface area contributed by atoms with E-state index in [0.717, 1.165) is 25.7 Å². The number of nitrogens with zero attached hydrogens (tertiary/aromatic N) is 1. The van der Waals surface area contributed by atoms with E-state index in [0.29, 0.717) is 26.1 Å². The molecule has 1 N–H and O–H groups in total. The third-order valence-corrected chi connectivity index (χ3v) is 8.84. The van der Waals surface area contributed by atoms with Crippen molar-refractivity contribution in [2.24, 2.45) is 5.41 Å². The highest BCUT2D eigenvalue weighted by atomic mass is 32.2. The van der Waals surface area contributed by atoms with E-state index in [9.17, 15) is 13.5 Å². The van der Waals surface area contributed by atoms with Crippen molar-refractivity contribution < 1.29 is 18.3 Å². The summed E-state index contributed by atoms with van der Waals surface area (Å²) < 4.78 is 33.7. The number of hydrogen-bond acceptors (Lipinski definition) is 4. The molecule has 1 aromatic rings. The van der Waals surface area contributed by atoms with Crippen LogP contribution in [0.4, 0.5) is 0 Å². The fourth-order valence-electron chi connectivity index (χ4n) is 5.18. The van der Waals surface area contributed by atoms with Crippen molar-refractivity contribution in [3.63, 3.8) is 0 Å².